The van der Waals surface area contributed by atoms with Gasteiger partial charge in [-0.25, -0.2) is 4.79 Å². The van der Waals surface area contributed by atoms with Crippen molar-refractivity contribution < 1.29 is 24.2 Å². The number of amides is 1. The lowest BCUT2D eigenvalue weighted by atomic mass is 9.96. The van der Waals surface area contributed by atoms with Crippen molar-refractivity contribution in [3.63, 3.8) is 0 Å². The zero-order valence-electron chi connectivity index (χ0n) is 37.8. The van der Waals surface area contributed by atoms with Crippen LogP contribution in [0.1, 0.15) is 93.9 Å². The number of aromatic amines is 2. The molecular weight excluding hydrogens is 825 g/mol. The second-order valence-corrected chi connectivity index (χ2v) is 16.8. The number of aromatic nitrogens is 2. The summed E-state index contributed by atoms with van der Waals surface area (Å²) in [6, 6.07) is 35.9. The maximum atomic E-state index is 13.1. The first-order valence-corrected chi connectivity index (χ1v) is 22.8. The molecule has 2 aromatic heterocycles. The number of likely N-dealkylation sites (tertiary alicyclic amines) is 2. The third kappa shape index (κ3) is 16.4. The molecule has 2 unspecified atom stereocenters. The summed E-state index contributed by atoms with van der Waals surface area (Å²) in [6.45, 7) is 15.0. The predicted molar refractivity (Wildman–Crippen MR) is 276 cm³/mol. The number of aromatic carboxylic acids is 1. The molecule has 66 heavy (non-hydrogen) atoms. The van der Waals surface area contributed by atoms with Crippen LogP contribution in [-0.2, 0) is 12.8 Å². The number of methoxy groups -OCH3 is 2. The Labute approximate surface area is 395 Å². The van der Waals surface area contributed by atoms with E-state index < -0.39 is 5.97 Å². The molecule has 2 atom stereocenters. The quantitative estimate of drug-likeness (QED) is 0.0757. The van der Waals surface area contributed by atoms with E-state index in [2.05, 4.69) is 75.3 Å². The first-order chi connectivity index (χ1) is 30.7. The highest BCUT2D eigenvalue weighted by atomic mass is 16.5. The standard InChI is InChI=1S/C26H33N3O2.C17H28N2O.C9H7NO2.3CH4/c1-3-29(26(30)25-17-22-10-4-5-12-24(22)27-25)19-21-9-7-14-28(18-21)15-13-20-8-6-11-23(16-20)31-2;1-3-18-13-16-7-5-10-19(14-16)11-9-15-6-4-8-17(12-15)20-2;11-9(12)8-5-6-3-1-2-4-7(6)10-8;;;/h4-6,8,10-12,16-17,21,27H,3,7,9,13-15,18-19H2,1-2H3;4,6,8,12,16,18H,3,5,7,9-11,13-14H2,1-2H3;1-5,10H,(H,11,12);3*1H4. The number of benzene rings is 4. The number of carboxylic acid groups (broad SMARTS) is 1. The fourth-order valence-corrected chi connectivity index (χ4v) is 8.82. The average Bonchev–Trinajstić information content (AvgIpc) is 3.98. The highest BCUT2D eigenvalue weighted by Crippen LogP contribution is 2.23. The number of carboxylic acids is 1. The Morgan fingerprint density at radius 3 is 1.68 bits per heavy atom. The molecule has 0 bridgehead atoms. The van der Waals surface area contributed by atoms with Crippen LogP contribution in [0.2, 0.25) is 0 Å². The van der Waals surface area contributed by atoms with E-state index in [4.69, 9.17) is 14.6 Å². The number of ether oxygens (including phenoxy) is 2. The fraction of sp³-hybridized carbons (Fsp3) is 0.455. The van der Waals surface area contributed by atoms with Gasteiger partial charge in [0.2, 0.25) is 0 Å². The van der Waals surface area contributed by atoms with Gasteiger partial charge in [-0.3, -0.25) is 4.79 Å². The van der Waals surface area contributed by atoms with Crippen LogP contribution < -0.4 is 14.8 Å². The SMILES string of the molecule is C.C.C.CCN(CC1CCCN(CCc2cccc(OC)c2)C1)C(=O)c1cc2ccccc2[nH]1.CCNCC1CCCN(CCc2cccc(OC)c2)C1.O=C(O)c1cc2ccccc2[nH]1. The van der Waals surface area contributed by atoms with Crippen LogP contribution in [0, 0.1) is 11.8 Å². The molecule has 11 nitrogen and oxygen atoms in total. The maximum absolute atomic E-state index is 13.1. The van der Waals surface area contributed by atoms with Crippen LogP contribution >= 0.6 is 0 Å². The smallest absolute Gasteiger partial charge is 0.352 e. The van der Waals surface area contributed by atoms with Gasteiger partial charge in [-0.15, -0.1) is 0 Å². The van der Waals surface area contributed by atoms with Crippen LogP contribution in [0.5, 0.6) is 11.5 Å². The highest BCUT2D eigenvalue weighted by molar-refractivity contribution is 5.98. The molecule has 11 heteroatoms. The number of rotatable bonds is 16. The first kappa shape index (κ1) is 54.7. The van der Waals surface area contributed by atoms with Crippen molar-refractivity contribution in [3.05, 3.63) is 132 Å². The summed E-state index contributed by atoms with van der Waals surface area (Å²) < 4.78 is 10.6. The lowest BCUT2D eigenvalue weighted by molar-refractivity contribution is 0.0680. The molecule has 360 valence electrons. The summed E-state index contributed by atoms with van der Waals surface area (Å²) in [5.74, 6) is 2.41. The van der Waals surface area contributed by atoms with Crippen molar-refractivity contribution >= 4 is 33.7 Å². The number of hydrogen-bond donors (Lipinski definition) is 4. The normalized spacial score (nSPS) is 15.9. The minimum Gasteiger partial charge on any atom is -0.497 e. The molecule has 6 aromatic rings. The van der Waals surface area contributed by atoms with Gasteiger partial charge in [-0.05, 0) is 143 Å². The van der Waals surface area contributed by atoms with Gasteiger partial charge in [-0.2, -0.15) is 0 Å². The van der Waals surface area contributed by atoms with Crippen LogP contribution in [0.4, 0.5) is 0 Å². The molecule has 0 radical (unpaired) electrons. The Morgan fingerprint density at radius 1 is 0.682 bits per heavy atom. The van der Waals surface area contributed by atoms with E-state index in [-0.39, 0.29) is 33.9 Å². The average molecular weight is 905 g/mol. The second kappa shape index (κ2) is 28.4. The van der Waals surface area contributed by atoms with E-state index in [9.17, 15) is 9.59 Å². The molecule has 4 N–H and O–H groups in total. The van der Waals surface area contributed by atoms with Crippen LogP contribution in [0.15, 0.2) is 109 Å². The zero-order chi connectivity index (χ0) is 44.4. The zero-order valence-corrected chi connectivity index (χ0v) is 37.8. The Morgan fingerprint density at radius 2 is 1.18 bits per heavy atom. The Kier molecular flexibility index (Phi) is 23.6. The first-order valence-electron chi connectivity index (χ1n) is 22.8. The molecule has 2 aliphatic heterocycles. The van der Waals surface area contributed by atoms with Crippen molar-refractivity contribution in [2.45, 2.75) is 74.7 Å². The van der Waals surface area contributed by atoms with E-state index in [1.807, 2.05) is 71.6 Å². The van der Waals surface area contributed by atoms with Gasteiger partial charge in [0.25, 0.3) is 5.91 Å². The molecule has 0 aliphatic carbocycles. The van der Waals surface area contributed by atoms with Crippen molar-refractivity contribution in [1.82, 2.24) is 30.0 Å². The molecule has 4 heterocycles. The van der Waals surface area contributed by atoms with Gasteiger partial charge in [0, 0.05) is 61.1 Å². The maximum Gasteiger partial charge on any atom is 0.352 e. The van der Waals surface area contributed by atoms with E-state index in [1.165, 1.54) is 56.4 Å². The second-order valence-electron chi connectivity index (χ2n) is 16.8. The molecule has 2 aliphatic rings. The Hall–Kier alpha value is -5.62. The van der Waals surface area contributed by atoms with Crippen molar-refractivity contribution in [2.75, 3.05) is 79.7 Å². The summed E-state index contributed by atoms with van der Waals surface area (Å²) in [6.07, 6.45) is 7.24. The van der Waals surface area contributed by atoms with E-state index in [0.29, 0.717) is 11.6 Å². The monoisotopic (exact) mass is 905 g/mol. The summed E-state index contributed by atoms with van der Waals surface area (Å²) in [4.78, 5) is 36.9. The Balaban J connectivity index is 0.000000284. The molecule has 4 aromatic carbocycles. The summed E-state index contributed by atoms with van der Waals surface area (Å²) >= 11 is 0. The Bertz CT molecular complexity index is 2260. The van der Waals surface area contributed by atoms with Crippen molar-refractivity contribution in [3.8, 4) is 11.5 Å². The van der Waals surface area contributed by atoms with Crippen molar-refractivity contribution in [2.24, 2.45) is 11.8 Å². The van der Waals surface area contributed by atoms with E-state index in [1.54, 1.807) is 20.3 Å². The number of carbonyl (C=O) groups excluding carboxylic acids is 1. The number of hydrogen-bond acceptors (Lipinski definition) is 7. The number of nitrogens with zero attached hydrogens (tertiary/aromatic N) is 3. The summed E-state index contributed by atoms with van der Waals surface area (Å²) in [5.41, 5.74) is 5.48. The van der Waals surface area contributed by atoms with Gasteiger partial charge in [0.05, 0.1) is 14.2 Å². The summed E-state index contributed by atoms with van der Waals surface area (Å²) in [5, 5.41) is 14.2. The topological polar surface area (TPSA) is 126 Å². The van der Waals surface area contributed by atoms with Crippen LogP contribution in [-0.4, -0.2) is 121 Å². The molecule has 2 fully saturated rings. The largest absolute Gasteiger partial charge is 0.497 e. The fourth-order valence-electron chi connectivity index (χ4n) is 8.82. The van der Waals surface area contributed by atoms with E-state index in [0.717, 1.165) is 97.9 Å². The third-order valence-corrected chi connectivity index (χ3v) is 12.3. The molecule has 0 saturated carbocycles. The van der Waals surface area contributed by atoms with Crippen LogP contribution in [0.3, 0.4) is 0 Å². The lowest BCUT2D eigenvalue weighted by Crippen LogP contribution is -2.43. The van der Waals surface area contributed by atoms with Crippen LogP contribution in [0.25, 0.3) is 21.8 Å². The van der Waals surface area contributed by atoms with Gasteiger partial charge < -0.3 is 44.6 Å². The molecule has 8 rings (SSSR count). The predicted octanol–water partition coefficient (Wildman–Crippen LogP) is 10.9. The number of para-hydroxylation sites is 2. The molecule has 0 spiro atoms. The number of nitrogens with one attached hydrogen (secondary N) is 3. The molecule has 2 saturated heterocycles. The number of piperidine rings is 2. The minimum absolute atomic E-state index is 0. The van der Waals surface area contributed by atoms with Gasteiger partial charge in [0.1, 0.15) is 22.9 Å². The molecular formula is C55H80N6O5. The molecule has 1 amide bonds. The van der Waals surface area contributed by atoms with Gasteiger partial charge >= 0.3 is 5.97 Å². The van der Waals surface area contributed by atoms with Gasteiger partial charge in [-0.1, -0.05) is 89.9 Å². The number of carbonyl (C=O) groups is 2. The summed E-state index contributed by atoms with van der Waals surface area (Å²) in [7, 11) is 3.44. The highest BCUT2D eigenvalue weighted by Gasteiger charge is 2.25. The number of H-pyrrole nitrogens is 2. The van der Waals surface area contributed by atoms with E-state index >= 15 is 0 Å². The number of fused-ring (bicyclic) bond motifs is 2. The minimum atomic E-state index is -0.925. The van der Waals surface area contributed by atoms with Gasteiger partial charge in [0.15, 0.2) is 0 Å². The lowest BCUT2D eigenvalue weighted by Gasteiger charge is -2.35. The van der Waals surface area contributed by atoms with Crippen molar-refractivity contribution in [1.29, 1.82) is 0 Å². The third-order valence-electron chi connectivity index (χ3n) is 12.3.